The Morgan fingerprint density at radius 1 is 0.833 bits per heavy atom. The van der Waals surface area contributed by atoms with E-state index in [1.807, 2.05) is 61.5 Å². The molecule has 0 heterocycles. The first-order valence-corrected chi connectivity index (χ1v) is 15.4. The van der Waals surface area contributed by atoms with Crippen LogP contribution in [0.4, 0.5) is 5.69 Å². The van der Waals surface area contributed by atoms with Gasteiger partial charge in [-0.2, -0.15) is 0 Å². The summed E-state index contributed by atoms with van der Waals surface area (Å²) in [6, 6.07) is 28.2. The van der Waals surface area contributed by atoms with Gasteiger partial charge in [0.1, 0.15) is 12.6 Å². The summed E-state index contributed by atoms with van der Waals surface area (Å²) in [5.41, 5.74) is 2.78. The van der Waals surface area contributed by atoms with E-state index in [1.165, 1.54) is 42.3 Å². The molecule has 0 bridgehead atoms. The monoisotopic (exact) mass is 623 g/mol. The number of amides is 2. The minimum atomic E-state index is -4.22. The van der Waals surface area contributed by atoms with Crippen LogP contribution in [0.25, 0.3) is 0 Å². The zero-order valence-electron chi connectivity index (χ0n) is 23.2. The molecule has 0 unspecified atom stereocenters. The van der Waals surface area contributed by atoms with Gasteiger partial charge in [0.15, 0.2) is 0 Å². The lowest BCUT2D eigenvalue weighted by molar-refractivity contribution is -0.139. The zero-order chi connectivity index (χ0) is 30.3. The van der Waals surface area contributed by atoms with Crippen LogP contribution < -0.4 is 9.62 Å². The lowest BCUT2D eigenvalue weighted by Crippen LogP contribution is -2.53. The lowest BCUT2D eigenvalue weighted by atomic mass is 10.0. The summed E-state index contributed by atoms with van der Waals surface area (Å²) in [5, 5.41) is 3.06. The van der Waals surface area contributed by atoms with E-state index in [2.05, 4.69) is 5.32 Å². The molecule has 7 nitrogen and oxygen atoms in total. The first kappa shape index (κ1) is 31.1. The molecule has 218 valence electrons. The Morgan fingerprint density at radius 2 is 1.45 bits per heavy atom. The Kier molecular flexibility index (Phi) is 10.3. The zero-order valence-corrected chi connectivity index (χ0v) is 25.5. The second-order valence-corrected chi connectivity index (χ2v) is 12.4. The van der Waals surface area contributed by atoms with Crippen LogP contribution >= 0.6 is 23.2 Å². The molecule has 1 N–H and O–H groups in total. The van der Waals surface area contributed by atoms with Gasteiger partial charge in [0, 0.05) is 20.0 Å². The van der Waals surface area contributed by atoms with Gasteiger partial charge in [0.25, 0.3) is 10.0 Å². The predicted octanol–water partition coefficient (Wildman–Crippen LogP) is 5.88. The normalized spacial score (nSPS) is 11.9. The summed E-state index contributed by atoms with van der Waals surface area (Å²) in [6.07, 6.45) is 0.232. The number of carbonyl (C=O) groups excluding carboxylic acids is 2. The fraction of sp³-hybridized carbons (Fsp3) is 0.188. The number of benzene rings is 4. The second kappa shape index (κ2) is 13.9. The summed E-state index contributed by atoms with van der Waals surface area (Å²) in [7, 11) is -2.71. The Morgan fingerprint density at radius 3 is 2.07 bits per heavy atom. The van der Waals surface area contributed by atoms with Gasteiger partial charge in [-0.1, -0.05) is 96.0 Å². The van der Waals surface area contributed by atoms with E-state index in [0.29, 0.717) is 0 Å². The fourth-order valence-electron chi connectivity index (χ4n) is 4.58. The van der Waals surface area contributed by atoms with E-state index < -0.39 is 28.5 Å². The highest BCUT2D eigenvalue weighted by Crippen LogP contribution is 2.31. The molecule has 0 aromatic heterocycles. The minimum absolute atomic E-state index is 0.00135. The maximum Gasteiger partial charge on any atom is 0.264 e. The van der Waals surface area contributed by atoms with Crippen molar-refractivity contribution in [3.05, 3.63) is 130 Å². The highest BCUT2D eigenvalue weighted by atomic mass is 35.5. The molecule has 2 amide bonds. The SMILES string of the molecule is CNC(=O)[C@H](Cc1ccccc1)N(Cc1ccccc1C)C(=O)CN(c1ccc(Cl)c(Cl)c1)S(=O)(=O)c1ccccc1. The number of aryl methyl sites for hydroxylation is 1. The standard InChI is InChI=1S/C32H31Cl2N3O4S/c1-23-11-9-10-14-25(23)21-36(30(32(39)35-2)19-24-12-5-3-6-13-24)31(38)22-37(26-17-18-28(33)29(34)20-26)42(40,41)27-15-7-4-8-16-27/h3-18,20,30H,19,21-22H2,1-2H3,(H,35,39)/t30-/m0/s1. The quantitative estimate of drug-likeness (QED) is 0.226. The number of nitrogens with one attached hydrogen (secondary N) is 1. The smallest absolute Gasteiger partial charge is 0.264 e. The lowest BCUT2D eigenvalue weighted by Gasteiger charge is -2.34. The van der Waals surface area contributed by atoms with E-state index >= 15 is 0 Å². The van der Waals surface area contributed by atoms with Gasteiger partial charge in [-0.15, -0.1) is 0 Å². The van der Waals surface area contributed by atoms with Crippen LogP contribution in [0.5, 0.6) is 0 Å². The van der Waals surface area contributed by atoms with Crippen molar-refractivity contribution < 1.29 is 18.0 Å². The van der Waals surface area contributed by atoms with Crippen LogP contribution in [0.2, 0.25) is 10.0 Å². The first-order valence-electron chi connectivity index (χ1n) is 13.2. The van der Waals surface area contributed by atoms with Gasteiger partial charge >= 0.3 is 0 Å². The molecule has 1 atom stereocenters. The van der Waals surface area contributed by atoms with Crippen LogP contribution in [0.15, 0.2) is 108 Å². The van der Waals surface area contributed by atoms with E-state index in [1.54, 1.807) is 18.2 Å². The summed E-state index contributed by atoms with van der Waals surface area (Å²) >= 11 is 12.4. The van der Waals surface area contributed by atoms with Crippen molar-refractivity contribution in [3.8, 4) is 0 Å². The summed E-state index contributed by atoms with van der Waals surface area (Å²) in [6.45, 7) is 1.44. The number of hydrogen-bond donors (Lipinski definition) is 1. The molecule has 10 heteroatoms. The van der Waals surface area contributed by atoms with Crippen molar-refractivity contribution in [3.63, 3.8) is 0 Å². The van der Waals surface area contributed by atoms with Gasteiger partial charge < -0.3 is 10.2 Å². The molecule has 0 fully saturated rings. The first-order chi connectivity index (χ1) is 20.1. The molecular weight excluding hydrogens is 593 g/mol. The maximum absolute atomic E-state index is 14.3. The van der Waals surface area contributed by atoms with Crippen molar-refractivity contribution in [1.82, 2.24) is 10.2 Å². The van der Waals surface area contributed by atoms with Crippen LogP contribution in [-0.4, -0.2) is 44.8 Å². The van der Waals surface area contributed by atoms with Gasteiger partial charge in [-0.05, 0) is 53.9 Å². The number of nitrogens with zero attached hydrogens (tertiary/aromatic N) is 2. The molecule has 0 aliphatic heterocycles. The number of carbonyl (C=O) groups is 2. The molecule has 0 saturated heterocycles. The average molecular weight is 625 g/mol. The van der Waals surface area contributed by atoms with Crippen LogP contribution in [0.1, 0.15) is 16.7 Å². The average Bonchev–Trinajstić information content (AvgIpc) is 3.00. The molecule has 4 rings (SSSR count). The third-order valence-electron chi connectivity index (χ3n) is 6.92. The van der Waals surface area contributed by atoms with E-state index in [4.69, 9.17) is 23.2 Å². The van der Waals surface area contributed by atoms with Crippen LogP contribution in [0, 0.1) is 6.92 Å². The van der Waals surface area contributed by atoms with Gasteiger partial charge in [0.05, 0.1) is 20.6 Å². The van der Waals surface area contributed by atoms with Crippen LogP contribution in [0.3, 0.4) is 0 Å². The highest BCUT2D eigenvalue weighted by molar-refractivity contribution is 7.92. The van der Waals surface area contributed by atoms with Crippen molar-refractivity contribution in [1.29, 1.82) is 0 Å². The molecule has 4 aromatic rings. The Labute approximate surface area is 256 Å². The number of hydrogen-bond acceptors (Lipinski definition) is 4. The number of anilines is 1. The third-order valence-corrected chi connectivity index (χ3v) is 9.45. The third kappa shape index (κ3) is 7.31. The van der Waals surface area contributed by atoms with E-state index in [0.717, 1.165) is 21.0 Å². The molecule has 4 aromatic carbocycles. The number of halogens is 2. The van der Waals surface area contributed by atoms with Crippen molar-refractivity contribution >= 4 is 50.7 Å². The Bertz CT molecular complexity index is 1650. The highest BCUT2D eigenvalue weighted by Gasteiger charge is 2.34. The summed E-state index contributed by atoms with van der Waals surface area (Å²) < 4.78 is 28.9. The molecule has 0 radical (unpaired) electrons. The minimum Gasteiger partial charge on any atom is -0.357 e. The van der Waals surface area contributed by atoms with Crippen molar-refractivity contribution in [2.24, 2.45) is 0 Å². The van der Waals surface area contributed by atoms with E-state index in [-0.39, 0.29) is 39.5 Å². The fourth-order valence-corrected chi connectivity index (χ4v) is 6.30. The number of likely N-dealkylation sites (N-methyl/N-ethyl adjacent to an activating group) is 1. The number of sulfonamides is 1. The molecule has 0 aliphatic carbocycles. The molecule has 0 saturated carbocycles. The Hall–Kier alpha value is -3.85. The van der Waals surface area contributed by atoms with E-state index in [9.17, 15) is 18.0 Å². The Balaban J connectivity index is 1.81. The molecule has 42 heavy (non-hydrogen) atoms. The van der Waals surface area contributed by atoms with Gasteiger partial charge in [-0.25, -0.2) is 8.42 Å². The van der Waals surface area contributed by atoms with Gasteiger partial charge in [-0.3, -0.25) is 13.9 Å². The van der Waals surface area contributed by atoms with Crippen molar-refractivity contribution in [2.45, 2.75) is 30.8 Å². The van der Waals surface area contributed by atoms with Crippen molar-refractivity contribution in [2.75, 3.05) is 17.9 Å². The molecule has 0 aliphatic rings. The molecular formula is C32H31Cl2N3O4S. The van der Waals surface area contributed by atoms with Crippen LogP contribution in [-0.2, 0) is 32.6 Å². The largest absolute Gasteiger partial charge is 0.357 e. The molecule has 0 spiro atoms. The maximum atomic E-state index is 14.3. The topological polar surface area (TPSA) is 86.8 Å². The number of rotatable bonds is 11. The van der Waals surface area contributed by atoms with Gasteiger partial charge in [0.2, 0.25) is 11.8 Å². The second-order valence-electron chi connectivity index (χ2n) is 9.69. The summed E-state index contributed by atoms with van der Waals surface area (Å²) in [4.78, 5) is 29.1. The predicted molar refractivity (Wildman–Crippen MR) is 167 cm³/mol. The summed E-state index contributed by atoms with van der Waals surface area (Å²) in [5.74, 6) is -0.929.